The van der Waals surface area contributed by atoms with Gasteiger partial charge in [0.05, 0.1) is 18.4 Å². The van der Waals surface area contributed by atoms with E-state index in [2.05, 4.69) is 20.3 Å². The van der Waals surface area contributed by atoms with Crippen LogP contribution in [0.4, 0.5) is 11.5 Å². The first kappa shape index (κ1) is 19.6. The first-order valence-electron chi connectivity index (χ1n) is 9.97. The van der Waals surface area contributed by atoms with Crippen molar-refractivity contribution in [3.8, 4) is 5.75 Å². The Labute approximate surface area is 174 Å². The summed E-state index contributed by atoms with van der Waals surface area (Å²) in [4.78, 5) is 31.3. The third-order valence-corrected chi connectivity index (χ3v) is 4.85. The molecule has 8 heteroatoms. The zero-order valence-corrected chi connectivity index (χ0v) is 16.5. The van der Waals surface area contributed by atoms with Crippen molar-refractivity contribution >= 4 is 17.4 Å². The molecule has 30 heavy (non-hydrogen) atoms. The van der Waals surface area contributed by atoms with Crippen LogP contribution in [0.25, 0.3) is 0 Å². The van der Waals surface area contributed by atoms with Crippen LogP contribution in [0.15, 0.2) is 65.6 Å². The molecule has 0 saturated carbocycles. The predicted molar refractivity (Wildman–Crippen MR) is 114 cm³/mol. The number of amides is 1. The van der Waals surface area contributed by atoms with Gasteiger partial charge >= 0.3 is 0 Å². The number of para-hydroxylation sites is 1. The Hall–Kier alpha value is -3.68. The Bertz CT molecular complexity index is 1040. The van der Waals surface area contributed by atoms with E-state index in [1.165, 1.54) is 29.7 Å². The summed E-state index contributed by atoms with van der Waals surface area (Å²) in [6.07, 6.45) is 3.99. The quantitative estimate of drug-likeness (QED) is 0.650. The van der Waals surface area contributed by atoms with Gasteiger partial charge in [-0.1, -0.05) is 18.2 Å². The van der Waals surface area contributed by atoms with E-state index in [-0.39, 0.29) is 24.4 Å². The first-order valence-corrected chi connectivity index (χ1v) is 9.97. The molecule has 1 aromatic carbocycles. The van der Waals surface area contributed by atoms with Gasteiger partial charge in [0.2, 0.25) is 0 Å². The van der Waals surface area contributed by atoms with E-state index in [1.54, 1.807) is 6.20 Å². The number of carbonyl (C=O) groups is 1. The molecule has 1 aliphatic heterocycles. The van der Waals surface area contributed by atoms with E-state index in [4.69, 9.17) is 4.74 Å². The van der Waals surface area contributed by atoms with Crippen molar-refractivity contribution in [2.45, 2.75) is 19.4 Å². The third kappa shape index (κ3) is 4.83. The van der Waals surface area contributed by atoms with Crippen molar-refractivity contribution in [3.05, 3.63) is 76.8 Å². The fourth-order valence-corrected chi connectivity index (χ4v) is 3.29. The minimum absolute atomic E-state index is 0.151. The highest BCUT2D eigenvalue weighted by atomic mass is 16.5. The zero-order valence-electron chi connectivity index (χ0n) is 16.5. The summed E-state index contributed by atoms with van der Waals surface area (Å²) < 4.78 is 6.83. The second-order valence-corrected chi connectivity index (χ2v) is 6.99. The SMILES string of the molecule is O=C(Nc1ccc(N2CCCC2)nc1)c1ccc(=O)n(CCOc2ccccc2)n1. The molecule has 0 aliphatic carbocycles. The smallest absolute Gasteiger partial charge is 0.276 e. The molecule has 4 rings (SSSR count). The second kappa shape index (κ2) is 9.21. The molecule has 2 aromatic heterocycles. The largest absolute Gasteiger partial charge is 0.492 e. The van der Waals surface area contributed by atoms with Crippen LogP contribution in [0.1, 0.15) is 23.3 Å². The molecule has 1 amide bonds. The lowest BCUT2D eigenvalue weighted by atomic mass is 10.3. The lowest BCUT2D eigenvalue weighted by Gasteiger charge is -2.16. The molecule has 0 unspecified atom stereocenters. The monoisotopic (exact) mass is 405 g/mol. The van der Waals surface area contributed by atoms with Crippen LogP contribution < -0.4 is 20.5 Å². The van der Waals surface area contributed by atoms with Gasteiger partial charge in [0.15, 0.2) is 0 Å². The molecule has 0 radical (unpaired) electrons. The lowest BCUT2D eigenvalue weighted by molar-refractivity contribution is 0.101. The van der Waals surface area contributed by atoms with E-state index in [1.807, 2.05) is 42.5 Å². The number of rotatable bonds is 7. The third-order valence-electron chi connectivity index (χ3n) is 4.85. The van der Waals surface area contributed by atoms with Crippen molar-refractivity contribution < 1.29 is 9.53 Å². The van der Waals surface area contributed by atoms with Crippen molar-refractivity contribution in [1.29, 1.82) is 0 Å². The molecular weight excluding hydrogens is 382 g/mol. The Kier molecular flexibility index (Phi) is 6.03. The molecule has 1 fully saturated rings. The summed E-state index contributed by atoms with van der Waals surface area (Å²) in [6.45, 7) is 2.53. The molecule has 0 atom stereocenters. The number of carbonyl (C=O) groups excluding carboxylic acids is 1. The van der Waals surface area contributed by atoms with Crippen LogP contribution in [-0.2, 0) is 6.54 Å². The summed E-state index contributed by atoms with van der Waals surface area (Å²) in [6, 6.07) is 15.8. The number of hydrogen-bond donors (Lipinski definition) is 1. The topological polar surface area (TPSA) is 89.4 Å². The summed E-state index contributed by atoms with van der Waals surface area (Å²) in [5, 5.41) is 6.94. The second-order valence-electron chi connectivity index (χ2n) is 6.99. The molecule has 0 bridgehead atoms. The van der Waals surface area contributed by atoms with E-state index < -0.39 is 5.91 Å². The average Bonchev–Trinajstić information content (AvgIpc) is 3.31. The highest BCUT2D eigenvalue weighted by molar-refractivity contribution is 6.02. The molecule has 0 spiro atoms. The van der Waals surface area contributed by atoms with Crippen LogP contribution in [0, 0.1) is 0 Å². The lowest BCUT2D eigenvalue weighted by Crippen LogP contribution is -2.28. The van der Waals surface area contributed by atoms with Crippen molar-refractivity contribution in [1.82, 2.24) is 14.8 Å². The van der Waals surface area contributed by atoms with Crippen LogP contribution >= 0.6 is 0 Å². The maximum absolute atomic E-state index is 12.6. The molecule has 1 aliphatic rings. The fraction of sp³-hybridized carbons (Fsp3) is 0.273. The number of hydrogen-bond acceptors (Lipinski definition) is 6. The van der Waals surface area contributed by atoms with Gasteiger partial charge in [0, 0.05) is 19.2 Å². The van der Waals surface area contributed by atoms with Gasteiger partial charge in [-0.05, 0) is 43.2 Å². The van der Waals surface area contributed by atoms with Gasteiger partial charge in [-0.3, -0.25) is 9.59 Å². The normalized spacial score (nSPS) is 13.3. The molecule has 1 saturated heterocycles. The van der Waals surface area contributed by atoms with Crippen molar-refractivity contribution in [2.75, 3.05) is 29.9 Å². The average molecular weight is 405 g/mol. The molecule has 3 aromatic rings. The number of ether oxygens (including phenoxy) is 1. The standard InChI is InChI=1S/C22H23N5O3/c28-21-11-9-19(25-27(21)14-15-30-18-6-2-1-3-7-18)22(29)24-17-8-10-20(23-16-17)26-12-4-5-13-26/h1-3,6-11,16H,4-5,12-15H2,(H,24,29). The van der Waals surface area contributed by atoms with Gasteiger partial charge in [0.25, 0.3) is 11.5 Å². The van der Waals surface area contributed by atoms with E-state index in [9.17, 15) is 9.59 Å². The van der Waals surface area contributed by atoms with Gasteiger partial charge < -0.3 is 15.0 Å². The van der Waals surface area contributed by atoms with Gasteiger partial charge in [0.1, 0.15) is 23.9 Å². The number of nitrogens with one attached hydrogen (secondary N) is 1. The van der Waals surface area contributed by atoms with Gasteiger partial charge in [-0.2, -0.15) is 5.10 Å². The van der Waals surface area contributed by atoms with Gasteiger partial charge in [-0.25, -0.2) is 9.67 Å². The summed E-state index contributed by atoms with van der Waals surface area (Å²) >= 11 is 0. The highest BCUT2D eigenvalue weighted by Crippen LogP contribution is 2.19. The number of nitrogens with zero attached hydrogens (tertiary/aromatic N) is 4. The fourth-order valence-electron chi connectivity index (χ4n) is 3.29. The maximum Gasteiger partial charge on any atom is 0.276 e. The molecule has 3 heterocycles. The van der Waals surface area contributed by atoms with Crippen LogP contribution in [-0.4, -0.2) is 40.4 Å². The Balaban J connectivity index is 1.37. The first-order chi connectivity index (χ1) is 14.7. The summed E-state index contributed by atoms with van der Waals surface area (Å²) in [5.74, 6) is 1.23. The van der Waals surface area contributed by atoms with Crippen molar-refractivity contribution in [3.63, 3.8) is 0 Å². The molecule has 154 valence electrons. The summed E-state index contributed by atoms with van der Waals surface area (Å²) in [5.41, 5.74) is 0.438. The Morgan fingerprint density at radius 3 is 2.57 bits per heavy atom. The number of pyridine rings is 1. The zero-order chi connectivity index (χ0) is 20.8. The molecule has 1 N–H and O–H groups in total. The van der Waals surface area contributed by atoms with Crippen LogP contribution in [0.3, 0.4) is 0 Å². The Morgan fingerprint density at radius 2 is 1.83 bits per heavy atom. The molecular formula is C22H23N5O3. The van der Waals surface area contributed by atoms with Crippen LogP contribution in [0.2, 0.25) is 0 Å². The number of benzene rings is 1. The molecule has 8 nitrogen and oxygen atoms in total. The number of anilines is 2. The predicted octanol–water partition coefficient (Wildman–Crippen LogP) is 2.57. The summed E-state index contributed by atoms with van der Waals surface area (Å²) in [7, 11) is 0. The van der Waals surface area contributed by atoms with E-state index >= 15 is 0 Å². The highest BCUT2D eigenvalue weighted by Gasteiger charge is 2.14. The van der Waals surface area contributed by atoms with Crippen LogP contribution in [0.5, 0.6) is 5.75 Å². The maximum atomic E-state index is 12.6. The number of aromatic nitrogens is 3. The minimum Gasteiger partial charge on any atom is -0.492 e. The van der Waals surface area contributed by atoms with E-state index in [0.29, 0.717) is 11.4 Å². The Morgan fingerprint density at radius 1 is 1.03 bits per heavy atom. The van der Waals surface area contributed by atoms with Gasteiger partial charge in [-0.15, -0.1) is 0 Å². The van der Waals surface area contributed by atoms with Crippen molar-refractivity contribution in [2.24, 2.45) is 0 Å². The van der Waals surface area contributed by atoms with E-state index in [0.717, 1.165) is 18.9 Å². The minimum atomic E-state index is -0.400.